The predicted molar refractivity (Wildman–Crippen MR) is 349 cm³/mol. The van der Waals surface area contributed by atoms with Crippen LogP contribution in [0.4, 0.5) is 0 Å². The van der Waals surface area contributed by atoms with Gasteiger partial charge in [0.15, 0.2) is 29.9 Å². The number of rotatable bonds is 13. The van der Waals surface area contributed by atoms with E-state index in [1.54, 1.807) is 0 Å². The molecule has 1 unspecified atom stereocenters. The Bertz CT molecular complexity index is 4070. The number of benzene rings is 5. The van der Waals surface area contributed by atoms with E-state index < -0.39 is 237 Å². The number of ether oxygens (including phenoxy) is 6. The first-order chi connectivity index (χ1) is 47.7. The predicted octanol–water partition coefficient (Wildman–Crippen LogP) is 0.106. The Kier molecular flexibility index (Phi) is 22.2. The smallest absolute Gasteiger partial charge is 0.330 e. The number of hydrogen-bond donors (Lipinski definition) is 19. The minimum Gasteiger partial charge on any atom is -0.508 e. The second-order valence-electron chi connectivity index (χ2n) is 25.7. The molecular formula is C66H75Cl2N9O24. The number of aliphatic hydroxyl groups is 6. The topological polar surface area (TPSA) is 530 Å². The number of aliphatic hydroxyl groups excluding tert-OH is 6. The maximum Gasteiger partial charge on any atom is 0.330 e. The molecule has 7 aliphatic rings. The molecule has 0 saturated carbocycles. The third kappa shape index (κ3) is 15.8. The van der Waals surface area contributed by atoms with Crippen LogP contribution < -0.4 is 62.9 Å². The van der Waals surface area contributed by atoms with E-state index in [1.165, 1.54) is 33.0 Å². The molecule has 7 amide bonds. The summed E-state index contributed by atoms with van der Waals surface area (Å²) in [5, 5.41) is 131. The van der Waals surface area contributed by atoms with E-state index in [2.05, 4.69) is 37.2 Å². The molecule has 0 aromatic heterocycles. The number of aromatic hydroxyl groups is 3. The van der Waals surface area contributed by atoms with Crippen LogP contribution >= 0.6 is 23.2 Å². The molecule has 0 radical (unpaired) electrons. The molecule has 2 fully saturated rings. The summed E-state index contributed by atoms with van der Waals surface area (Å²) < 4.78 is 38.3. The van der Waals surface area contributed by atoms with E-state index in [1.807, 2.05) is 13.8 Å². The number of halogens is 2. The van der Waals surface area contributed by atoms with Gasteiger partial charge < -0.3 is 128 Å². The number of hydrogen-bond acceptors (Lipinski definition) is 25. The fourth-order valence-corrected chi connectivity index (χ4v) is 12.9. The Morgan fingerprint density at radius 2 is 1.32 bits per heavy atom. The van der Waals surface area contributed by atoms with Crippen molar-refractivity contribution in [2.45, 2.75) is 156 Å². The molecule has 542 valence electrons. The maximum absolute atomic E-state index is 16.0. The van der Waals surface area contributed by atoms with Gasteiger partial charge >= 0.3 is 5.97 Å². The molecule has 2 saturated heterocycles. The minimum atomic E-state index is -2.35. The van der Waals surface area contributed by atoms with Crippen molar-refractivity contribution in [2.75, 3.05) is 13.7 Å². The summed E-state index contributed by atoms with van der Waals surface area (Å²) >= 11 is 14.1. The van der Waals surface area contributed by atoms with Crippen molar-refractivity contribution in [3.63, 3.8) is 0 Å². The summed E-state index contributed by atoms with van der Waals surface area (Å²) in [7, 11) is 1.47. The fraction of sp³-hybridized carbons (Fsp3) is 0.424. The number of carboxylic acids is 1. The van der Waals surface area contributed by atoms with Gasteiger partial charge in [-0.25, -0.2) is 4.79 Å². The zero-order valence-electron chi connectivity index (χ0n) is 54.3. The summed E-state index contributed by atoms with van der Waals surface area (Å²) in [4.78, 5) is 117. The molecule has 101 heavy (non-hydrogen) atoms. The van der Waals surface area contributed by atoms with Gasteiger partial charge in [0.05, 0.1) is 41.3 Å². The van der Waals surface area contributed by atoms with Crippen LogP contribution in [0.2, 0.25) is 10.0 Å². The van der Waals surface area contributed by atoms with Crippen LogP contribution in [-0.2, 0) is 52.6 Å². The largest absolute Gasteiger partial charge is 0.508 e. The number of nitrogens with one attached hydrogen (secondary N) is 7. The molecule has 5 aromatic rings. The van der Waals surface area contributed by atoms with Crippen molar-refractivity contribution in [1.29, 1.82) is 0 Å². The standard InChI is InChI=1S/C66H75Cl2N9O24/c1-23(2)12-34(71-5)58(88)76-49-51(83)26-7-10-38(32(67)14-26)97-40-16-28-17-41(55(40)101-65-56(54(86)53(85)42(22-78)99-65)100-44-21-66(4,70)57(87)24(3)96-44)98-39-11-8-27(15-33(39)68)52(84)50-63(93)75-48(64(94)95)31-18-29(79)19-37(81)45(31)30-13-25(6-9-36(30)80)46(60(90)77-50)74-61(91)47(28)73-59(89)35(20-43(69)82)72-62(49)92/h6-11,13-19,23-24,34-35,42,44,46-54,56-57,65,71,78-81,83-87H,12,20-22,70H2,1-5H3,(H2,69,82)(H,72,92)(H,73,89)(H,74,91)(H,75,93)(H,76,88)(H,77,90)(H,94,95)/t24-,34?,35-,42+,44-,46+,47+,48-,49+,50-,51+,52+,53+,54-,56+,57+,65-,66-/m0/s1. The highest BCUT2D eigenvalue weighted by Crippen LogP contribution is 2.50. The number of nitrogens with two attached hydrogens (primary N) is 2. The number of phenols is 3. The molecule has 5 aromatic carbocycles. The number of carboxylic acid groups (broad SMARTS) is 1. The lowest BCUT2D eigenvalue weighted by atomic mass is 9.86. The first-order valence-electron chi connectivity index (χ1n) is 31.6. The highest BCUT2D eigenvalue weighted by Gasteiger charge is 2.51. The average Bonchev–Trinajstić information content (AvgIpc) is 0.775. The Balaban J connectivity index is 1.24. The SMILES string of the molecule is CNC(CC(C)C)C(=O)N[C@H]1C(=O)N[C@@H](CC(N)=O)C(=O)N[C@H]2C(=O)N[C@H]3C(=O)N[C@H](C(=O)N[C@H](C(=O)O)c4cc(O)cc(O)c4-c4cc3ccc4O)[C@H](O)c3ccc(c(Cl)c3)Oc3cc2cc(c3O[C@@H]2O[C@H](CO)[C@@H](O)[C@H](O)[C@H]2O[C@H]2C[C@](C)(N)[C@H](O)[C@H](C)O2)Oc2ccc(cc2Cl)[C@H]1O. The lowest BCUT2D eigenvalue weighted by Crippen LogP contribution is -2.64. The Hall–Kier alpha value is -9.20. The second-order valence-corrected chi connectivity index (χ2v) is 26.5. The molecule has 0 aliphatic carbocycles. The number of aliphatic carboxylic acids is 1. The van der Waals surface area contributed by atoms with E-state index >= 15 is 14.4 Å². The van der Waals surface area contributed by atoms with Crippen LogP contribution in [-0.4, -0.2) is 191 Å². The Morgan fingerprint density at radius 1 is 0.713 bits per heavy atom. The van der Waals surface area contributed by atoms with E-state index in [4.69, 9.17) is 63.1 Å². The first-order valence-corrected chi connectivity index (χ1v) is 32.4. The average molecular weight is 1450 g/mol. The summed E-state index contributed by atoms with van der Waals surface area (Å²) in [5.41, 5.74) is 8.00. The Morgan fingerprint density at radius 3 is 1.90 bits per heavy atom. The third-order valence-electron chi connectivity index (χ3n) is 17.8. The van der Waals surface area contributed by atoms with Gasteiger partial charge in [-0.2, -0.15) is 0 Å². The number of fused-ring (bicyclic) bond motifs is 15. The molecule has 12 rings (SSSR count). The van der Waals surface area contributed by atoms with Gasteiger partial charge in [0.2, 0.25) is 53.4 Å². The highest BCUT2D eigenvalue weighted by molar-refractivity contribution is 6.32. The van der Waals surface area contributed by atoms with Crippen LogP contribution in [0.15, 0.2) is 78.9 Å². The number of carbonyl (C=O) groups excluding carboxylic acids is 7. The van der Waals surface area contributed by atoms with E-state index in [-0.39, 0.29) is 46.2 Å². The van der Waals surface area contributed by atoms with Crippen LogP contribution in [0, 0.1) is 5.92 Å². The maximum atomic E-state index is 16.0. The van der Waals surface area contributed by atoms with Crippen molar-refractivity contribution in [3.8, 4) is 57.1 Å². The quantitative estimate of drug-likeness (QED) is 0.0743. The van der Waals surface area contributed by atoms with Gasteiger partial charge in [-0.1, -0.05) is 55.2 Å². The summed E-state index contributed by atoms with van der Waals surface area (Å²) in [6.07, 6.45) is -18.6. The van der Waals surface area contributed by atoms with Gasteiger partial charge in [0.1, 0.15) is 89.5 Å². The molecule has 7 aliphatic heterocycles. The number of likely N-dealkylation sites (N-methyl/N-ethyl adjacent to an activating group) is 1. The molecule has 35 heteroatoms. The lowest BCUT2D eigenvalue weighted by molar-refractivity contribution is -0.333. The minimum absolute atomic E-state index is 0.0975. The molecule has 18 atom stereocenters. The van der Waals surface area contributed by atoms with Crippen LogP contribution in [0.1, 0.15) is 105 Å². The highest BCUT2D eigenvalue weighted by atomic mass is 35.5. The number of amides is 7. The number of primary amides is 1. The lowest BCUT2D eigenvalue weighted by Gasteiger charge is -2.47. The summed E-state index contributed by atoms with van der Waals surface area (Å²) in [5.74, 6) is -16.0. The molecule has 33 nitrogen and oxygen atoms in total. The second kappa shape index (κ2) is 30.2. The van der Waals surface area contributed by atoms with Gasteiger partial charge in [0.25, 0.3) is 0 Å². The third-order valence-corrected chi connectivity index (χ3v) is 18.4. The van der Waals surface area contributed by atoms with E-state index in [0.29, 0.717) is 0 Å². The van der Waals surface area contributed by atoms with Crippen LogP contribution in [0.25, 0.3) is 11.1 Å². The van der Waals surface area contributed by atoms with Crippen LogP contribution in [0.3, 0.4) is 0 Å². The molecule has 11 bridgehead atoms. The number of phenolic OH excluding ortho intramolecular Hbond substituents is 3. The molecule has 0 spiro atoms. The Labute approximate surface area is 584 Å². The van der Waals surface area contributed by atoms with Gasteiger partial charge in [-0.3, -0.25) is 33.6 Å². The van der Waals surface area contributed by atoms with Gasteiger partial charge in [-0.15, -0.1) is 0 Å². The van der Waals surface area contributed by atoms with Crippen LogP contribution in [0.5, 0.6) is 46.0 Å². The summed E-state index contributed by atoms with van der Waals surface area (Å²) in [6, 6.07) is -0.679. The van der Waals surface area contributed by atoms with Gasteiger partial charge in [-0.05, 0) is 110 Å². The van der Waals surface area contributed by atoms with Crippen molar-refractivity contribution in [2.24, 2.45) is 17.4 Å². The monoisotopic (exact) mass is 1450 g/mol. The van der Waals surface area contributed by atoms with Crippen molar-refractivity contribution < 1.29 is 118 Å². The first kappa shape index (κ1) is 74.5. The normalized spacial score (nSPS) is 29.4. The zero-order chi connectivity index (χ0) is 73.5. The fourth-order valence-electron chi connectivity index (χ4n) is 12.5. The van der Waals surface area contributed by atoms with Crippen molar-refractivity contribution in [3.05, 3.63) is 117 Å². The van der Waals surface area contributed by atoms with Crippen molar-refractivity contribution >= 4 is 70.5 Å². The molecule has 7 heterocycles. The van der Waals surface area contributed by atoms with Crippen molar-refractivity contribution in [1.82, 2.24) is 37.2 Å². The molecule has 21 N–H and O–H groups in total. The number of carbonyl (C=O) groups is 8. The zero-order valence-corrected chi connectivity index (χ0v) is 55.8. The van der Waals surface area contributed by atoms with E-state index in [9.17, 15) is 75.0 Å². The summed E-state index contributed by atoms with van der Waals surface area (Å²) in [6.45, 7) is 5.66. The van der Waals surface area contributed by atoms with E-state index in [0.717, 1.165) is 66.7 Å². The van der Waals surface area contributed by atoms with Gasteiger partial charge in [0, 0.05) is 34.7 Å². The molecular weight excluding hydrogens is 1370 g/mol.